The zero-order valence-electron chi connectivity index (χ0n) is 8.25. The van der Waals surface area contributed by atoms with Crippen molar-refractivity contribution in [2.75, 3.05) is 13.2 Å². The van der Waals surface area contributed by atoms with Gasteiger partial charge in [0.1, 0.15) is 6.61 Å². The van der Waals surface area contributed by atoms with E-state index in [2.05, 4.69) is 17.2 Å². The van der Waals surface area contributed by atoms with E-state index in [0.29, 0.717) is 12.1 Å². The van der Waals surface area contributed by atoms with E-state index in [1.807, 2.05) is 0 Å². The van der Waals surface area contributed by atoms with E-state index < -0.39 is 0 Å². The molecule has 2 heterocycles. The number of nitrogens with zero attached hydrogens (tertiary/aromatic N) is 1. The number of nitrogens with one attached hydrogen (secondary N) is 1. The fourth-order valence-electron chi connectivity index (χ4n) is 1.96. The quantitative estimate of drug-likeness (QED) is 0.699. The van der Waals surface area contributed by atoms with Crippen LogP contribution in [-0.4, -0.2) is 31.1 Å². The highest BCUT2D eigenvalue weighted by molar-refractivity contribution is 5.78. The lowest BCUT2D eigenvalue weighted by molar-refractivity contribution is 0.304. The molecule has 13 heavy (non-hydrogen) atoms. The summed E-state index contributed by atoms with van der Waals surface area (Å²) in [4.78, 5) is 4.44. The molecule has 0 bridgehead atoms. The zero-order chi connectivity index (χ0) is 9.10. The molecule has 3 heteroatoms. The van der Waals surface area contributed by atoms with E-state index in [1.165, 1.54) is 19.3 Å². The Labute approximate surface area is 79.6 Å². The lowest BCUT2D eigenvalue weighted by Crippen LogP contribution is -2.35. The molecule has 3 nitrogen and oxygen atoms in total. The van der Waals surface area contributed by atoms with Crippen molar-refractivity contribution in [1.29, 1.82) is 0 Å². The van der Waals surface area contributed by atoms with E-state index in [-0.39, 0.29) is 0 Å². The molecule has 0 amide bonds. The minimum Gasteiger partial charge on any atom is -0.479 e. The Morgan fingerprint density at radius 1 is 1.54 bits per heavy atom. The van der Waals surface area contributed by atoms with E-state index in [1.54, 1.807) is 0 Å². The molecule has 0 spiro atoms. The van der Waals surface area contributed by atoms with Gasteiger partial charge in [0.15, 0.2) is 5.90 Å². The van der Waals surface area contributed by atoms with Crippen molar-refractivity contribution in [2.45, 2.75) is 44.7 Å². The third-order valence-electron chi connectivity index (χ3n) is 2.69. The highest BCUT2D eigenvalue weighted by Crippen LogP contribution is 2.14. The Balaban J connectivity index is 1.80. The molecule has 1 fully saturated rings. The van der Waals surface area contributed by atoms with Gasteiger partial charge in [0.2, 0.25) is 0 Å². The number of hydrogen-bond acceptors (Lipinski definition) is 3. The average molecular weight is 182 g/mol. The molecule has 2 aliphatic rings. The van der Waals surface area contributed by atoms with Crippen LogP contribution in [-0.2, 0) is 4.74 Å². The van der Waals surface area contributed by atoms with Gasteiger partial charge in [-0.15, -0.1) is 0 Å². The smallest absolute Gasteiger partial charge is 0.185 e. The highest BCUT2D eigenvalue weighted by atomic mass is 16.5. The summed E-state index contributed by atoms with van der Waals surface area (Å²) in [6, 6.07) is 0.983. The summed E-state index contributed by atoms with van der Waals surface area (Å²) >= 11 is 0. The zero-order valence-corrected chi connectivity index (χ0v) is 8.25. The molecule has 2 atom stereocenters. The molecule has 0 aliphatic carbocycles. The van der Waals surface area contributed by atoms with Crippen LogP contribution in [0.4, 0.5) is 0 Å². The van der Waals surface area contributed by atoms with Gasteiger partial charge in [0.25, 0.3) is 0 Å². The highest BCUT2D eigenvalue weighted by Gasteiger charge is 2.20. The molecular formula is C10H18N2O. The molecule has 74 valence electrons. The summed E-state index contributed by atoms with van der Waals surface area (Å²) < 4.78 is 5.48. The first-order valence-electron chi connectivity index (χ1n) is 5.27. The summed E-state index contributed by atoms with van der Waals surface area (Å²) in [6.07, 6.45) is 4.93. The first-order chi connectivity index (χ1) is 6.34. The van der Waals surface area contributed by atoms with Gasteiger partial charge >= 0.3 is 0 Å². The summed E-state index contributed by atoms with van der Waals surface area (Å²) in [5.41, 5.74) is 0. The average Bonchev–Trinajstić information content (AvgIpc) is 2.53. The SMILES string of the molecule is CC1COC(CC2CCCCN2)=N1. The Hall–Kier alpha value is -0.570. The molecule has 0 radical (unpaired) electrons. The molecule has 2 unspecified atom stereocenters. The van der Waals surface area contributed by atoms with Crippen molar-refractivity contribution >= 4 is 5.90 Å². The lowest BCUT2D eigenvalue weighted by Gasteiger charge is -2.22. The topological polar surface area (TPSA) is 33.6 Å². The second-order valence-electron chi connectivity index (χ2n) is 4.03. The molecule has 2 rings (SSSR count). The predicted molar refractivity (Wildman–Crippen MR) is 53.1 cm³/mol. The molecule has 0 aromatic heterocycles. The number of rotatable bonds is 2. The van der Waals surface area contributed by atoms with Crippen LogP contribution >= 0.6 is 0 Å². The number of aliphatic imine (C=N–C) groups is 1. The van der Waals surface area contributed by atoms with Gasteiger partial charge in [-0.1, -0.05) is 6.42 Å². The Kier molecular flexibility index (Phi) is 2.83. The first-order valence-corrected chi connectivity index (χ1v) is 5.27. The summed E-state index contributed by atoms with van der Waals surface area (Å²) in [5.74, 6) is 0.965. The standard InChI is InChI=1S/C10H18N2O/c1-8-7-13-10(12-8)6-9-4-2-3-5-11-9/h8-9,11H,2-7H2,1H3. The van der Waals surface area contributed by atoms with Crippen molar-refractivity contribution in [1.82, 2.24) is 5.32 Å². The molecule has 2 aliphatic heterocycles. The molecule has 1 N–H and O–H groups in total. The van der Waals surface area contributed by atoms with Crippen LogP contribution in [0.5, 0.6) is 0 Å². The normalized spacial score (nSPS) is 34.1. The van der Waals surface area contributed by atoms with E-state index in [0.717, 1.165) is 25.5 Å². The largest absolute Gasteiger partial charge is 0.479 e. The van der Waals surface area contributed by atoms with Crippen molar-refractivity contribution in [3.05, 3.63) is 0 Å². The van der Waals surface area contributed by atoms with Crippen LogP contribution in [0.25, 0.3) is 0 Å². The lowest BCUT2D eigenvalue weighted by atomic mass is 10.0. The molecule has 0 saturated carbocycles. The van der Waals surface area contributed by atoms with Gasteiger partial charge in [0, 0.05) is 12.5 Å². The predicted octanol–water partition coefficient (Wildman–Crippen LogP) is 1.34. The summed E-state index contributed by atoms with van der Waals surface area (Å²) in [5, 5.41) is 3.50. The summed E-state index contributed by atoms with van der Waals surface area (Å²) in [7, 11) is 0. The minimum absolute atomic E-state index is 0.374. The Morgan fingerprint density at radius 2 is 2.46 bits per heavy atom. The third-order valence-corrected chi connectivity index (χ3v) is 2.69. The van der Waals surface area contributed by atoms with E-state index in [4.69, 9.17) is 4.74 Å². The van der Waals surface area contributed by atoms with Gasteiger partial charge in [-0.3, -0.25) is 0 Å². The molecular weight excluding hydrogens is 164 g/mol. The first kappa shape index (κ1) is 9.00. The molecule has 0 aromatic rings. The van der Waals surface area contributed by atoms with Gasteiger partial charge in [-0.05, 0) is 26.3 Å². The Bertz CT molecular complexity index is 197. The van der Waals surface area contributed by atoms with Gasteiger partial charge in [-0.2, -0.15) is 0 Å². The van der Waals surface area contributed by atoms with Crippen molar-refractivity contribution in [3.8, 4) is 0 Å². The van der Waals surface area contributed by atoms with Gasteiger partial charge in [-0.25, -0.2) is 4.99 Å². The maximum absolute atomic E-state index is 5.48. The minimum atomic E-state index is 0.374. The molecule has 0 aromatic carbocycles. The van der Waals surface area contributed by atoms with Crippen molar-refractivity contribution in [2.24, 2.45) is 4.99 Å². The fourth-order valence-corrected chi connectivity index (χ4v) is 1.96. The van der Waals surface area contributed by atoms with Crippen LogP contribution < -0.4 is 5.32 Å². The monoisotopic (exact) mass is 182 g/mol. The van der Waals surface area contributed by atoms with Crippen molar-refractivity contribution < 1.29 is 4.74 Å². The van der Waals surface area contributed by atoms with Crippen LogP contribution in [0, 0.1) is 0 Å². The second-order valence-corrected chi connectivity index (χ2v) is 4.03. The van der Waals surface area contributed by atoms with Crippen molar-refractivity contribution in [3.63, 3.8) is 0 Å². The van der Waals surface area contributed by atoms with Gasteiger partial charge in [0.05, 0.1) is 6.04 Å². The van der Waals surface area contributed by atoms with E-state index >= 15 is 0 Å². The molecule has 1 saturated heterocycles. The number of ether oxygens (including phenoxy) is 1. The van der Waals surface area contributed by atoms with Crippen LogP contribution in [0.3, 0.4) is 0 Å². The fraction of sp³-hybridized carbons (Fsp3) is 0.900. The maximum Gasteiger partial charge on any atom is 0.185 e. The van der Waals surface area contributed by atoms with Crippen LogP contribution in [0.1, 0.15) is 32.6 Å². The third kappa shape index (κ3) is 2.44. The second kappa shape index (κ2) is 4.09. The van der Waals surface area contributed by atoms with Gasteiger partial charge < -0.3 is 10.1 Å². The number of piperidine rings is 1. The summed E-state index contributed by atoms with van der Waals surface area (Å²) in [6.45, 7) is 4.04. The van der Waals surface area contributed by atoms with Crippen LogP contribution in [0.15, 0.2) is 4.99 Å². The van der Waals surface area contributed by atoms with Crippen LogP contribution in [0.2, 0.25) is 0 Å². The maximum atomic E-state index is 5.48. The van der Waals surface area contributed by atoms with E-state index in [9.17, 15) is 0 Å². The number of hydrogen-bond donors (Lipinski definition) is 1. The Morgan fingerprint density at radius 3 is 3.08 bits per heavy atom.